The molecule has 0 bridgehead atoms. The van der Waals surface area contributed by atoms with Crippen molar-refractivity contribution in [2.75, 3.05) is 13.7 Å². The largest absolute Gasteiger partial charge is 0.468 e. The number of esters is 2. The van der Waals surface area contributed by atoms with E-state index < -0.39 is 30.0 Å². The Morgan fingerprint density at radius 3 is 2.07 bits per heavy atom. The summed E-state index contributed by atoms with van der Waals surface area (Å²) in [5.41, 5.74) is 1.35. The van der Waals surface area contributed by atoms with Crippen LogP contribution in [0.2, 0.25) is 0 Å². The topological polar surface area (TPSA) is 90.9 Å². The molecule has 7 heteroatoms. The van der Waals surface area contributed by atoms with Crippen molar-refractivity contribution >= 4 is 18.0 Å². The van der Waals surface area contributed by atoms with E-state index in [0.717, 1.165) is 5.56 Å². The van der Waals surface area contributed by atoms with Crippen LogP contribution in [0.25, 0.3) is 0 Å². The second kappa shape index (κ2) is 10.7. The fourth-order valence-corrected chi connectivity index (χ4v) is 2.64. The molecule has 0 saturated heterocycles. The number of carbonyl (C=O) groups excluding carboxylic acids is 3. The predicted molar refractivity (Wildman–Crippen MR) is 101 cm³/mol. The average molecular weight is 385 g/mol. The van der Waals surface area contributed by atoms with Gasteiger partial charge in [0.2, 0.25) is 0 Å². The summed E-state index contributed by atoms with van der Waals surface area (Å²) in [6, 6.07) is 16.8. The molecular weight excluding hydrogens is 362 g/mol. The molecule has 2 atom stereocenters. The molecule has 0 aliphatic carbocycles. The number of methoxy groups -OCH3 is 1. The van der Waals surface area contributed by atoms with E-state index in [1.807, 2.05) is 30.3 Å². The average Bonchev–Trinajstić information content (AvgIpc) is 2.73. The third-order valence-corrected chi connectivity index (χ3v) is 3.97. The highest BCUT2D eigenvalue weighted by atomic mass is 16.6. The van der Waals surface area contributed by atoms with Gasteiger partial charge in [-0.2, -0.15) is 0 Å². The van der Waals surface area contributed by atoms with Crippen LogP contribution < -0.4 is 5.32 Å². The minimum atomic E-state index is -1.36. The maximum atomic E-state index is 12.4. The molecule has 1 amide bonds. The number of nitrogens with one attached hydrogen (secondary N) is 1. The van der Waals surface area contributed by atoms with Crippen LogP contribution in [0.1, 0.15) is 24.1 Å². The SMILES string of the molecule is CCOC(=O)[C@H](C(=O)OC)[C@@H](NC(=O)OCc1ccccc1)c1ccccc1. The maximum absolute atomic E-state index is 12.4. The fourth-order valence-electron chi connectivity index (χ4n) is 2.64. The van der Waals surface area contributed by atoms with Crippen LogP contribution in [0.15, 0.2) is 60.7 Å². The predicted octanol–water partition coefficient (Wildman–Crippen LogP) is 3.01. The molecule has 148 valence electrons. The van der Waals surface area contributed by atoms with Crippen molar-refractivity contribution in [1.29, 1.82) is 0 Å². The molecule has 0 saturated carbocycles. The van der Waals surface area contributed by atoms with Crippen LogP contribution in [0.5, 0.6) is 0 Å². The van der Waals surface area contributed by atoms with Gasteiger partial charge in [-0.3, -0.25) is 9.59 Å². The number of carbonyl (C=O) groups is 3. The zero-order valence-corrected chi connectivity index (χ0v) is 15.8. The van der Waals surface area contributed by atoms with E-state index in [0.29, 0.717) is 5.56 Å². The summed E-state index contributed by atoms with van der Waals surface area (Å²) in [7, 11) is 1.17. The minimum Gasteiger partial charge on any atom is -0.468 e. The lowest BCUT2D eigenvalue weighted by Crippen LogP contribution is -2.42. The van der Waals surface area contributed by atoms with Crippen molar-refractivity contribution < 1.29 is 28.6 Å². The Labute approximate surface area is 163 Å². The van der Waals surface area contributed by atoms with Crippen molar-refractivity contribution in [2.45, 2.75) is 19.6 Å². The zero-order valence-electron chi connectivity index (χ0n) is 15.8. The van der Waals surface area contributed by atoms with Gasteiger partial charge in [0.15, 0.2) is 5.92 Å². The summed E-state index contributed by atoms with van der Waals surface area (Å²) in [5, 5.41) is 2.60. The van der Waals surface area contributed by atoms with Gasteiger partial charge in [-0.05, 0) is 18.1 Å². The maximum Gasteiger partial charge on any atom is 0.407 e. The van der Waals surface area contributed by atoms with Crippen molar-refractivity contribution in [3.05, 3.63) is 71.8 Å². The molecule has 0 aromatic heterocycles. The van der Waals surface area contributed by atoms with E-state index in [-0.39, 0.29) is 13.2 Å². The first-order chi connectivity index (χ1) is 13.6. The highest BCUT2D eigenvalue weighted by molar-refractivity contribution is 5.96. The highest BCUT2D eigenvalue weighted by Crippen LogP contribution is 2.25. The molecule has 0 spiro atoms. The molecule has 7 nitrogen and oxygen atoms in total. The van der Waals surface area contributed by atoms with E-state index >= 15 is 0 Å². The molecule has 1 N–H and O–H groups in total. The van der Waals surface area contributed by atoms with Gasteiger partial charge in [-0.15, -0.1) is 0 Å². The molecule has 28 heavy (non-hydrogen) atoms. The van der Waals surface area contributed by atoms with Crippen LogP contribution >= 0.6 is 0 Å². The molecule has 2 aromatic carbocycles. The van der Waals surface area contributed by atoms with Gasteiger partial charge in [-0.25, -0.2) is 4.79 Å². The normalized spacial score (nSPS) is 12.4. The van der Waals surface area contributed by atoms with Crippen molar-refractivity contribution in [2.24, 2.45) is 5.92 Å². The van der Waals surface area contributed by atoms with Gasteiger partial charge in [0.05, 0.1) is 19.8 Å². The van der Waals surface area contributed by atoms with Crippen LogP contribution in [0.4, 0.5) is 4.79 Å². The van der Waals surface area contributed by atoms with Crippen LogP contribution in [0, 0.1) is 5.92 Å². The summed E-state index contributed by atoms with van der Waals surface area (Å²) in [6.07, 6.45) is -0.768. The Kier molecular flexibility index (Phi) is 8.02. The third kappa shape index (κ3) is 5.84. The second-order valence-corrected chi connectivity index (χ2v) is 5.85. The zero-order chi connectivity index (χ0) is 20.4. The number of amides is 1. The Morgan fingerprint density at radius 2 is 1.50 bits per heavy atom. The lowest BCUT2D eigenvalue weighted by molar-refractivity contribution is -0.161. The molecule has 0 radical (unpaired) electrons. The van der Waals surface area contributed by atoms with Crippen molar-refractivity contribution in [3.63, 3.8) is 0 Å². The summed E-state index contributed by atoms with van der Waals surface area (Å²) in [6.45, 7) is 1.77. The third-order valence-electron chi connectivity index (χ3n) is 3.97. The van der Waals surface area contributed by atoms with Gasteiger partial charge >= 0.3 is 18.0 Å². The van der Waals surface area contributed by atoms with Crippen LogP contribution in [-0.2, 0) is 30.4 Å². The summed E-state index contributed by atoms with van der Waals surface area (Å²) in [5.74, 6) is -2.96. The van der Waals surface area contributed by atoms with E-state index in [9.17, 15) is 14.4 Å². The smallest absolute Gasteiger partial charge is 0.407 e. The molecule has 0 aliphatic rings. The van der Waals surface area contributed by atoms with Gasteiger partial charge in [0.1, 0.15) is 6.61 Å². The molecule has 0 unspecified atom stereocenters. The van der Waals surface area contributed by atoms with E-state index in [2.05, 4.69) is 5.32 Å². The Bertz CT molecular complexity index is 778. The molecule has 2 rings (SSSR count). The summed E-state index contributed by atoms with van der Waals surface area (Å²) < 4.78 is 15.0. The minimum absolute atomic E-state index is 0.0521. The van der Waals surface area contributed by atoms with Crippen molar-refractivity contribution in [3.8, 4) is 0 Å². The Hall–Kier alpha value is -3.35. The highest BCUT2D eigenvalue weighted by Gasteiger charge is 2.39. The molecule has 0 aliphatic heterocycles. The molecule has 0 fully saturated rings. The second-order valence-electron chi connectivity index (χ2n) is 5.85. The quantitative estimate of drug-likeness (QED) is 0.427. The number of benzene rings is 2. The van der Waals surface area contributed by atoms with Crippen LogP contribution in [0.3, 0.4) is 0 Å². The van der Waals surface area contributed by atoms with Crippen molar-refractivity contribution in [1.82, 2.24) is 5.32 Å². The molecule has 2 aromatic rings. The fraction of sp³-hybridized carbons (Fsp3) is 0.286. The first kappa shape index (κ1) is 21.0. The standard InChI is InChI=1S/C21H23NO6/c1-3-27-20(24)17(19(23)26-2)18(16-12-8-5-9-13-16)22-21(25)28-14-15-10-6-4-7-11-15/h4-13,17-18H,3,14H2,1-2H3,(H,22,25)/t17-,18-/m0/s1. The number of hydrogen-bond acceptors (Lipinski definition) is 6. The first-order valence-electron chi connectivity index (χ1n) is 8.83. The lowest BCUT2D eigenvalue weighted by Gasteiger charge is -2.25. The number of ether oxygens (including phenoxy) is 3. The summed E-state index contributed by atoms with van der Waals surface area (Å²) >= 11 is 0. The number of rotatable bonds is 8. The Balaban J connectivity index is 2.21. The van der Waals surface area contributed by atoms with Crippen LogP contribution in [-0.4, -0.2) is 31.7 Å². The van der Waals surface area contributed by atoms with E-state index in [1.54, 1.807) is 37.3 Å². The van der Waals surface area contributed by atoms with Gasteiger partial charge < -0.3 is 19.5 Å². The Morgan fingerprint density at radius 1 is 0.893 bits per heavy atom. The monoisotopic (exact) mass is 385 g/mol. The summed E-state index contributed by atoms with van der Waals surface area (Å²) in [4.78, 5) is 37.1. The van der Waals surface area contributed by atoms with Gasteiger partial charge in [-0.1, -0.05) is 60.7 Å². The van der Waals surface area contributed by atoms with E-state index in [4.69, 9.17) is 14.2 Å². The molecule has 0 heterocycles. The van der Waals surface area contributed by atoms with E-state index in [1.165, 1.54) is 7.11 Å². The molecular formula is C21H23NO6. The first-order valence-corrected chi connectivity index (χ1v) is 8.83. The van der Waals surface area contributed by atoms with Gasteiger partial charge in [0, 0.05) is 0 Å². The lowest BCUT2D eigenvalue weighted by atomic mass is 9.93. The number of hydrogen-bond donors (Lipinski definition) is 1. The van der Waals surface area contributed by atoms with Gasteiger partial charge in [0.25, 0.3) is 0 Å². The number of alkyl carbamates (subject to hydrolysis) is 1.